The van der Waals surface area contributed by atoms with Gasteiger partial charge in [0, 0.05) is 12.1 Å². The van der Waals surface area contributed by atoms with Crippen LogP contribution >= 0.6 is 0 Å². The van der Waals surface area contributed by atoms with Gasteiger partial charge in [0.25, 0.3) is 0 Å². The molecule has 4 aliphatic carbocycles. The Kier molecular flexibility index (Phi) is 3.74. The van der Waals surface area contributed by atoms with Gasteiger partial charge in [-0.3, -0.25) is 4.99 Å². The van der Waals surface area contributed by atoms with Crippen LogP contribution in [0.1, 0.15) is 5.56 Å². The third-order valence-corrected chi connectivity index (χ3v) is 7.05. The van der Waals surface area contributed by atoms with Crippen molar-refractivity contribution < 1.29 is 0 Å². The molecule has 2 aromatic rings. The fourth-order valence-electron chi connectivity index (χ4n) is 5.55. The summed E-state index contributed by atoms with van der Waals surface area (Å²) in [5.41, 5.74) is 13.3. The molecule has 0 bridgehead atoms. The van der Waals surface area contributed by atoms with E-state index in [-0.39, 0.29) is 6.04 Å². The zero-order valence-corrected chi connectivity index (χ0v) is 17.6. The summed E-state index contributed by atoms with van der Waals surface area (Å²) in [6.45, 7) is 0. The van der Waals surface area contributed by atoms with Crippen molar-refractivity contribution in [2.45, 2.75) is 6.04 Å². The minimum absolute atomic E-state index is 0.129. The smallest absolute Gasteiger partial charge is 0.100 e. The molecule has 0 aromatic heterocycles. The molecule has 0 saturated heterocycles. The van der Waals surface area contributed by atoms with Crippen molar-refractivity contribution in [3.8, 4) is 11.1 Å². The Morgan fingerprint density at radius 3 is 2.34 bits per heavy atom. The number of dihydropyridines is 1. The lowest BCUT2D eigenvalue weighted by Gasteiger charge is -2.39. The van der Waals surface area contributed by atoms with Crippen LogP contribution in [0.15, 0.2) is 148 Å². The number of allylic oxidation sites excluding steroid dienone is 12. The number of benzene rings is 2. The van der Waals surface area contributed by atoms with Crippen molar-refractivity contribution in [3.05, 3.63) is 148 Å². The summed E-state index contributed by atoms with van der Waals surface area (Å²) in [5.74, 6) is 0.294. The van der Waals surface area contributed by atoms with Gasteiger partial charge in [0.2, 0.25) is 0 Å². The van der Waals surface area contributed by atoms with Crippen LogP contribution < -0.4 is 0 Å². The van der Waals surface area contributed by atoms with E-state index in [0.29, 0.717) is 5.92 Å². The molecular formula is C31H21N. The van der Waals surface area contributed by atoms with Gasteiger partial charge in [-0.15, -0.1) is 0 Å². The third kappa shape index (κ3) is 2.55. The van der Waals surface area contributed by atoms with Crippen molar-refractivity contribution in [3.63, 3.8) is 0 Å². The predicted molar refractivity (Wildman–Crippen MR) is 133 cm³/mol. The quantitative estimate of drug-likeness (QED) is 0.509. The molecule has 1 nitrogen and oxygen atoms in total. The van der Waals surface area contributed by atoms with Gasteiger partial charge in [-0.25, -0.2) is 0 Å². The number of hydrogen-bond acceptors (Lipinski definition) is 1. The maximum Gasteiger partial charge on any atom is 0.100 e. The first-order valence-corrected chi connectivity index (χ1v) is 11.2. The van der Waals surface area contributed by atoms with Crippen LogP contribution in [0.2, 0.25) is 0 Å². The molecule has 1 aliphatic heterocycles. The zero-order chi connectivity index (χ0) is 21.1. The fourth-order valence-corrected chi connectivity index (χ4v) is 5.55. The Hall–Kier alpha value is -3.97. The number of hydrogen-bond donors (Lipinski definition) is 0. The van der Waals surface area contributed by atoms with Crippen LogP contribution in [0.5, 0.6) is 0 Å². The SMILES string of the molecule is C1=CC2=CC3=C4C(=CC=C5C=CC(c6ccc(-c7ccccc7)cc6)=C(C=C3)C54)C2N=C1. The van der Waals surface area contributed by atoms with E-state index in [0.717, 1.165) is 0 Å². The summed E-state index contributed by atoms with van der Waals surface area (Å²) < 4.78 is 0. The standard InChI is InChI=1S/C31H21N/c1-2-5-20(6-3-1)21-8-10-22(11-9-21)26-15-12-23-13-17-28-30-24(14-16-27(26)29(23)30)19-25-7-4-18-32-31(25)28/h1-19,29,31H. The molecule has 0 N–H and O–H groups in total. The van der Waals surface area contributed by atoms with Crippen LogP contribution in [-0.2, 0) is 0 Å². The van der Waals surface area contributed by atoms with Gasteiger partial charge in [-0.2, -0.15) is 0 Å². The molecule has 0 fully saturated rings. The summed E-state index contributed by atoms with van der Waals surface area (Å²) in [6.07, 6.45) is 22.3. The molecule has 32 heavy (non-hydrogen) atoms. The fraction of sp³-hybridized carbons (Fsp3) is 0.0645. The Bertz CT molecular complexity index is 1430. The summed E-state index contributed by atoms with van der Waals surface area (Å²) in [5, 5.41) is 0. The molecule has 0 saturated carbocycles. The molecular weight excluding hydrogens is 386 g/mol. The lowest BCUT2D eigenvalue weighted by atomic mass is 9.65. The van der Waals surface area contributed by atoms with Gasteiger partial charge >= 0.3 is 0 Å². The molecule has 0 amide bonds. The average molecular weight is 408 g/mol. The molecule has 0 radical (unpaired) electrons. The first-order valence-electron chi connectivity index (χ1n) is 11.2. The summed E-state index contributed by atoms with van der Waals surface area (Å²) in [6, 6.07) is 19.7. The van der Waals surface area contributed by atoms with Crippen molar-refractivity contribution in [2.24, 2.45) is 10.9 Å². The molecule has 5 aliphatic rings. The number of rotatable bonds is 2. The second-order valence-electron chi connectivity index (χ2n) is 8.77. The van der Waals surface area contributed by atoms with E-state index in [1.54, 1.807) is 0 Å². The van der Waals surface area contributed by atoms with Crippen molar-refractivity contribution >= 4 is 11.8 Å². The summed E-state index contributed by atoms with van der Waals surface area (Å²) in [7, 11) is 0. The molecule has 1 heteroatoms. The maximum atomic E-state index is 4.80. The monoisotopic (exact) mass is 407 g/mol. The van der Waals surface area contributed by atoms with Gasteiger partial charge < -0.3 is 0 Å². The van der Waals surface area contributed by atoms with E-state index < -0.39 is 0 Å². The Morgan fingerprint density at radius 1 is 0.656 bits per heavy atom. The zero-order valence-electron chi connectivity index (χ0n) is 17.6. The van der Waals surface area contributed by atoms with E-state index >= 15 is 0 Å². The van der Waals surface area contributed by atoms with Crippen LogP contribution in [0.25, 0.3) is 16.7 Å². The van der Waals surface area contributed by atoms with E-state index in [1.165, 1.54) is 55.7 Å². The second kappa shape index (κ2) is 6.77. The van der Waals surface area contributed by atoms with Crippen LogP contribution in [0.4, 0.5) is 0 Å². The minimum Gasteiger partial charge on any atom is -0.280 e. The predicted octanol–water partition coefficient (Wildman–Crippen LogP) is 6.98. The first-order chi connectivity index (χ1) is 15.9. The molecule has 2 unspecified atom stereocenters. The normalized spacial score (nSPS) is 24.1. The first kappa shape index (κ1) is 17.7. The van der Waals surface area contributed by atoms with E-state index in [4.69, 9.17) is 4.99 Å². The number of aliphatic imine (C=N–C) groups is 1. The number of nitrogens with zero attached hydrogens (tertiary/aromatic N) is 1. The van der Waals surface area contributed by atoms with Crippen LogP contribution in [0, 0.1) is 5.92 Å². The highest BCUT2D eigenvalue weighted by Gasteiger charge is 2.38. The average Bonchev–Trinajstić information content (AvgIpc) is 2.87. The summed E-state index contributed by atoms with van der Waals surface area (Å²) in [4.78, 5) is 4.80. The van der Waals surface area contributed by atoms with E-state index in [2.05, 4.69) is 103 Å². The second-order valence-corrected chi connectivity index (χ2v) is 8.77. The lowest BCUT2D eigenvalue weighted by Crippen LogP contribution is -2.29. The highest BCUT2D eigenvalue weighted by molar-refractivity contribution is 5.87. The topological polar surface area (TPSA) is 12.4 Å². The Labute approximate surface area is 188 Å². The van der Waals surface area contributed by atoms with Gasteiger partial charge in [-0.05, 0) is 67.9 Å². The lowest BCUT2D eigenvalue weighted by molar-refractivity contribution is 0.786. The van der Waals surface area contributed by atoms with Gasteiger partial charge in [0.1, 0.15) is 6.04 Å². The van der Waals surface area contributed by atoms with Gasteiger partial charge in [-0.1, -0.05) is 97.1 Å². The molecule has 1 heterocycles. The number of fused-ring (bicyclic) bond motifs is 2. The third-order valence-electron chi connectivity index (χ3n) is 7.05. The van der Waals surface area contributed by atoms with Gasteiger partial charge in [0.15, 0.2) is 0 Å². The van der Waals surface area contributed by atoms with Crippen molar-refractivity contribution in [1.82, 2.24) is 0 Å². The summed E-state index contributed by atoms with van der Waals surface area (Å²) >= 11 is 0. The van der Waals surface area contributed by atoms with Crippen molar-refractivity contribution in [1.29, 1.82) is 0 Å². The minimum atomic E-state index is 0.129. The molecule has 150 valence electrons. The molecule has 2 atom stereocenters. The Morgan fingerprint density at radius 2 is 1.47 bits per heavy atom. The van der Waals surface area contributed by atoms with Crippen LogP contribution in [0.3, 0.4) is 0 Å². The molecule has 0 spiro atoms. The maximum absolute atomic E-state index is 4.80. The van der Waals surface area contributed by atoms with Gasteiger partial charge in [0.05, 0.1) is 0 Å². The van der Waals surface area contributed by atoms with E-state index in [9.17, 15) is 0 Å². The highest BCUT2D eigenvalue weighted by Crippen LogP contribution is 2.51. The van der Waals surface area contributed by atoms with Crippen molar-refractivity contribution in [2.75, 3.05) is 0 Å². The molecule has 2 aromatic carbocycles. The Balaban J connectivity index is 1.34. The largest absolute Gasteiger partial charge is 0.280 e. The van der Waals surface area contributed by atoms with Crippen LogP contribution in [-0.4, -0.2) is 12.3 Å². The highest BCUT2D eigenvalue weighted by atomic mass is 14.8. The molecule has 7 rings (SSSR count). The van der Waals surface area contributed by atoms with E-state index in [1.807, 2.05) is 12.3 Å².